The van der Waals surface area contributed by atoms with Crippen molar-refractivity contribution in [1.29, 1.82) is 0 Å². The van der Waals surface area contributed by atoms with Gasteiger partial charge in [0.05, 0.1) is 0 Å². The molecule has 0 unspecified atom stereocenters. The van der Waals surface area contributed by atoms with Crippen molar-refractivity contribution in [2.45, 2.75) is 44.8 Å². The third-order valence-corrected chi connectivity index (χ3v) is 5.29. The Bertz CT molecular complexity index is 504. The first-order chi connectivity index (χ1) is 11.0. The Morgan fingerprint density at radius 1 is 1.22 bits per heavy atom. The minimum atomic E-state index is 0.0383. The molecule has 0 atom stereocenters. The van der Waals surface area contributed by atoms with Gasteiger partial charge < -0.3 is 20.9 Å². The van der Waals surface area contributed by atoms with E-state index in [2.05, 4.69) is 31.2 Å². The van der Waals surface area contributed by atoms with Crippen molar-refractivity contribution in [3.8, 4) is 0 Å². The van der Waals surface area contributed by atoms with E-state index in [1.54, 1.807) is 0 Å². The van der Waals surface area contributed by atoms with Gasteiger partial charge in [0.15, 0.2) is 0 Å². The highest BCUT2D eigenvalue weighted by molar-refractivity contribution is 5.74. The van der Waals surface area contributed by atoms with Gasteiger partial charge in [-0.3, -0.25) is 0 Å². The number of hydrogen-bond donors (Lipinski definition) is 2. The smallest absolute Gasteiger partial charge is 0.317 e. The first-order valence-electron chi connectivity index (χ1n) is 8.49. The lowest BCUT2D eigenvalue weighted by Gasteiger charge is -2.45. The number of benzene rings is 1. The van der Waals surface area contributed by atoms with E-state index in [1.165, 1.54) is 0 Å². The molecule has 1 heterocycles. The molecule has 0 aromatic heterocycles. The number of nitrogens with two attached hydrogens (primary N) is 1. The average Bonchev–Trinajstić information content (AvgIpc) is 2.60. The van der Waals surface area contributed by atoms with E-state index in [4.69, 9.17) is 5.73 Å². The van der Waals surface area contributed by atoms with E-state index >= 15 is 0 Å². The molecule has 1 aliphatic heterocycles. The molecule has 1 saturated heterocycles. The highest BCUT2D eigenvalue weighted by atomic mass is 16.2. The minimum Gasteiger partial charge on any atom is -0.334 e. The van der Waals surface area contributed by atoms with Gasteiger partial charge in [-0.1, -0.05) is 31.2 Å². The van der Waals surface area contributed by atoms with Crippen molar-refractivity contribution in [1.82, 2.24) is 15.1 Å². The number of nitrogens with zero attached hydrogens (tertiary/aromatic N) is 2. The maximum absolute atomic E-state index is 12.3. The Morgan fingerprint density at radius 2 is 1.78 bits per heavy atom. The maximum Gasteiger partial charge on any atom is 0.317 e. The van der Waals surface area contributed by atoms with Crippen LogP contribution in [-0.4, -0.2) is 48.6 Å². The summed E-state index contributed by atoms with van der Waals surface area (Å²) in [5.41, 5.74) is 8.05. The number of hydrogen-bond acceptors (Lipinski definition) is 3. The van der Waals surface area contributed by atoms with Crippen LogP contribution in [0.3, 0.4) is 0 Å². The van der Waals surface area contributed by atoms with Gasteiger partial charge in [-0.05, 0) is 44.5 Å². The molecule has 23 heavy (non-hydrogen) atoms. The normalized spacial score (nSPS) is 17.3. The second kappa shape index (κ2) is 7.79. The topological polar surface area (TPSA) is 61.6 Å². The zero-order chi connectivity index (χ0) is 16.9. The molecule has 1 aliphatic rings. The summed E-state index contributed by atoms with van der Waals surface area (Å²) in [6.45, 7) is 4.99. The van der Waals surface area contributed by atoms with Crippen LogP contribution in [0, 0.1) is 0 Å². The molecule has 0 saturated carbocycles. The quantitative estimate of drug-likeness (QED) is 0.874. The second-order valence-corrected chi connectivity index (χ2v) is 6.64. The molecule has 0 bridgehead atoms. The van der Waals surface area contributed by atoms with Crippen molar-refractivity contribution in [3.05, 3.63) is 35.4 Å². The SMILES string of the molecule is CCC1(N(C)C)CCN(C(=O)NCc2ccc(CN)cc2)CC1. The summed E-state index contributed by atoms with van der Waals surface area (Å²) >= 11 is 0. The molecule has 1 aromatic carbocycles. The van der Waals surface area contributed by atoms with E-state index in [9.17, 15) is 4.79 Å². The molecule has 5 heteroatoms. The molecule has 0 radical (unpaired) electrons. The fourth-order valence-corrected chi connectivity index (χ4v) is 3.33. The third kappa shape index (κ3) is 4.24. The molecule has 1 fully saturated rings. The van der Waals surface area contributed by atoms with Crippen LogP contribution in [0.1, 0.15) is 37.3 Å². The van der Waals surface area contributed by atoms with Crippen molar-refractivity contribution >= 4 is 6.03 Å². The summed E-state index contributed by atoms with van der Waals surface area (Å²) in [6, 6.07) is 8.10. The lowest BCUT2D eigenvalue weighted by atomic mass is 9.84. The zero-order valence-electron chi connectivity index (χ0n) is 14.6. The molecule has 0 aliphatic carbocycles. The number of piperidine rings is 1. The Balaban J connectivity index is 1.83. The largest absolute Gasteiger partial charge is 0.334 e. The van der Waals surface area contributed by atoms with Crippen LogP contribution < -0.4 is 11.1 Å². The number of urea groups is 1. The molecule has 3 N–H and O–H groups in total. The number of amides is 2. The Kier molecular flexibility index (Phi) is 6.02. The highest BCUT2D eigenvalue weighted by Crippen LogP contribution is 2.30. The number of likely N-dealkylation sites (tertiary alicyclic amines) is 1. The molecular weight excluding hydrogens is 288 g/mol. The van der Waals surface area contributed by atoms with E-state index < -0.39 is 0 Å². The lowest BCUT2D eigenvalue weighted by molar-refractivity contribution is 0.0647. The Morgan fingerprint density at radius 3 is 2.26 bits per heavy atom. The summed E-state index contributed by atoms with van der Waals surface area (Å²) in [6.07, 6.45) is 3.20. The Hall–Kier alpha value is -1.59. The molecule has 2 amide bonds. The summed E-state index contributed by atoms with van der Waals surface area (Å²) in [5.74, 6) is 0. The molecule has 5 nitrogen and oxygen atoms in total. The molecule has 0 spiro atoms. The van der Waals surface area contributed by atoms with E-state index in [0.29, 0.717) is 13.1 Å². The van der Waals surface area contributed by atoms with E-state index in [-0.39, 0.29) is 11.6 Å². The van der Waals surface area contributed by atoms with E-state index in [1.807, 2.05) is 29.2 Å². The van der Waals surface area contributed by atoms with Crippen molar-refractivity contribution in [3.63, 3.8) is 0 Å². The van der Waals surface area contributed by atoms with Crippen LogP contribution in [0.2, 0.25) is 0 Å². The maximum atomic E-state index is 12.3. The molecule has 128 valence electrons. The monoisotopic (exact) mass is 318 g/mol. The molecule has 1 aromatic rings. The van der Waals surface area contributed by atoms with Crippen molar-refractivity contribution in [2.24, 2.45) is 5.73 Å². The van der Waals surface area contributed by atoms with Gasteiger partial charge in [-0.2, -0.15) is 0 Å². The number of rotatable bonds is 5. The summed E-state index contributed by atoms with van der Waals surface area (Å²) in [5, 5.41) is 3.02. The number of carbonyl (C=O) groups excluding carboxylic acids is 1. The van der Waals surface area contributed by atoms with Gasteiger partial charge in [0.25, 0.3) is 0 Å². The van der Waals surface area contributed by atoms with Gasteiger partial charge in [-0.25, -0.2) is 4.79 Å². The summed E-state index contributed by atoms with van der Waals surface area (Å²) in [7, 11) is 4.29. The van der Waals surface area contributed by atoms with Crippen LogP contribution in [0.4, 0.5) is 4.79 Å². The lowest BCUT2D eigenvalue weighted by Crippen LogP contribution is -2.54. The van der Waals surface area contributed by atoms with Gasteiger partial charge >= 0.3 is 6.03 Å². The fourth-order valence-electron chi connectivity index (χ4n) is 3.33. The first kappa shape index (κ1) is 17.8. The third-order valence-electron chi connectivity index (χ3n) is 5.29. The van der Waals surface area contributed by atoms with Crippen LogP contribution >= 0.6 is 0 Å². The predicted molar refractivity (Wildman–Crippen MR) is 94.1 cm³/mol. The van der Waals surface area contributed by atoms with E-state index in [0.717, 1.165) is 43.5 Å². The van der Waals surface area contributed by atoms with Gasteiger partial charge in [-0.15, -0.1) is 0 Å². The van der Waals surface area contributed by atoms with Crippen LogP contribution in [0.5, 0.6) is 0 Å². The average molecular weight is 318 g/mol. The summed E-state index contributed by atoms with van der Waals surface area (Å²) in [4.78, 5) is 16.6. The Labute approximate surface area is 139 Å². The number of nitrogens with one attached hydrogen (secondary N) is 1. The van der Waals surface area contributed by atoms with Gasteiger partial charge in [0, 0.05) is 31.7 Å². The zero-order valence-corrected chi connectivity index (χ0v) is 14.6. The van der Waals surface area contributed by atoms with Crippen molar-refractivity contribution in [2.75, 3.05) is 27.2 Å². The number of carbonyl (C=O) groups is 1. The molecular formula is C18H30N4O. The van der Waals surface area contributed by atoms with Gasteiger partial charge in [0.1, 0.15) is 0 Å². The standard InChI is InChI=1S/C18H30N4O/c1-4-18(21(2)3)9-11-22(12-10-18)17(23)20-14-16-7-5-15(13-19)6-8-16/h5-8H,4,9-14,19H2,1-3H3,(H,20,23). The highest BCUT2D eigenvalue weighted by Gasteiger charge is 2.36. The summed E-state index contributed by atoms with van der Waals surface area (Å²) < 4.78 is 0. The van der Waals surface area contributed by atoms with Crippen LogP contribution in [-0.2, 0) is 13.1 Å². The van der Waals surface area contributed by atoms with Crippen LogP contribution in [0.15, 0.2) is 24.3 Å². The van der Waals surface area contributed by atoms with Crippen molar-refractivity contribution < 1.29 is 4.79 Å². The fraction of sp³-hybridized carbons (Fsp3) is 0.611. The van der Waals surface area contributed by atoms with Crippen LogP contribution in [0.25, 0.3) is 0 Å². The van der Waals surface area contributed by atoms with Gasteiger partial charge in [0.2, 0.25) is 0 Å². The first-order valence-corrected chi connectivity index (χ1v) is 8.49. The predicted octanol–water partition coefficient (Wildman–Crippen LogP) is 2.16. The molecule has 2 rings (SSSR count). The minimum absolute atomic E-state index is 0.0383. The second-order valence-electron chi connectivity index (χ2n) is 6.64.